The van der Waals surface area contributed by atoms with Gasteiger partial charge in [-0.3, -0.25) is 0 Å². The number of hydrogen-bond acceptors (Lipinski definition) is 4. The summed E-state index contributed by atoms with van der Waals surface area (Å²) in [6, 6.07) is 19.0. The lowest BCUT2D eigenvalue weighted by molar-refractivity contribution is 0.758. The molecule has 4 nitrogen and oxygen atoms in total. The molecule has 1 aliphatic rings. The van der Waals surface area contributed by atoms with Crippen molar-refractivity contribution in [1.82, 2.24) is 9.97 Å². The molecule has 2 heterocycles. The molecule has 4 rings (SSSR count). The molecule has 3 aromatic rings. The van der Waals surface area contributed by atoms with Crippen LogP contribution < -0.4 is 10.2 Å². The Kier molecular flexibility index (Phi) is 4.34. The van der Waals surface area contributed by atoms with Gasteiger partial charge in [0.1, 0.15) is 18.0 Å². The van der Waals surface area contributed by atoms with Crippen LogP contribution in [-0.4, -0.2) is 16.5 Å². The summed E-state index contributed by atoms with van der Waals surface area (Å²) < 4.78 is 0. The Morgan fingerprint density at radius 2 is 1.88 bits per heavy atom. The van der Waals surface area contributed by atoms with Gasteiger partial charge >= 0.3 is 0 Å². The van der Waals surface area contributed by atoms with Crippen molar-refractivity contribution in [3.8, 4) is 0 Å². The first kappa shape index (κ1) is 15.6. The minimum absolute atomic E-state index is 0.764. The molecule has 25 heavy (non-hydrogen) atoms. The lowest BCUT2D eigenvalue weighted by atomic mass is 10.0. The zero-order valence-corrected chi connectivity index (χ0v) is 14.4. The predicted molar refractivity (Wildman–Crippen MR) is 102 cm³/mol. The van der Waals surface area contributed by atoms with Gasteiger partial charge in [-0.05, 0) is 42.5 Å². The van der Waals surface area contributed by atoms with Crippen LogP contribution in [-0.2, 0) is 13.0 Å². The Morgan fingerprint density at radius 1 is 1.04 bits per heavy atom. The first-order valence-electron chi connectivity index (χ1n) is 8.77. The third-order valence-electron chi connectivity index (χ3n) is 4.76. The third kappa shape index (κ3) is 3.33. The van der Waals surface area contributed by atoms with E-state index in [4.69, 9.17) is 0 Å². The van der Waals surface area contributed by atoms with Crippen LogP contribution >= 0.6 is 0 Å². The first-order valence-corrected chi connectivity index (χ1v) is 8.77. The van der Waals surface area contributed by atoms with E-state index in [0.717, 1.165) is 37.6 Å². The largest absolute Gasteiger partial charge is 0.366 e. The van der Waals surface area contributed by atoms with Gasteiger partial charge in [-0.1, -0.05) is 42.5 Å². The van der Waals surface area contributed by atoms with Gasteiger partial charge in [-0.2, -0.15) is 0 Å². The molecule has 0 saturated heterocycles. The highest BCUT2D eigenvalue weighted by atomic mass is 15.2. The number of para-hydroxylation sites is 1. The third-order valence-corrected chi connectivity index (χ3v) is 4.76. The van der Waals surface area contributed by atoms with Crippen molar-refractivity contribution >= 4 is 17.3 Å². The minimum Gasteiger partial charge on any atom is -0.366 e. The number of fused-ring (bicyclic) bond motifs is 1. The molecule has 1 aromatic heterocycles. The van der Waals surface area contributed by atoms with E-state index in [9.17, 15) is 0 Å². The molecule has 0 amide bonds. The Bertz CT molecular complexity index is 875. The number of anilines is 3. The molecular weight excluding hydrogens is 308 g/mol. The monoisotopic (exact) mass is 330 g/mol. The molecule has 4 heteroatoms. The Hall–Kier alpha value is -2.88. The molecule has 2 aromatic carbocycles. The maximum atomic E-state index is 4.51. The highest BCUT2D eigenvalue weighted by molar-refractivity contribution is 5.66. The average Bonchev–Trinajstić information content (AvgIpc) is 2.67. The normalized spacial score (nSPS) is 13.4. The van der Waals surface area contributed by atoms with Crippen LogP contribution in [0.25, 0.3) is 0 Å². The van der Waals surface area contributed by atoms with E-state index in [2.05, 4.69) is 75.6 Å². The summed E-state index contributed by atoms with van der Waals surface area (Å²) in [6.45, 7) is 3.89. The molecule has 0 saturated carbocycles. The second-order valence-electron chi connectivity index (χ2n) is 6.43. The van der Waals surface area contributed by atoms with E-state index in [1.807, 2.05) is 6.07 Å². The smallest absolute Gasteiger partial charge is 0.138 e. The quantitative estimate of drug-likeness (QED) is 0.766. The zero-order valence-electron chi connectivity index (χ0n) is 14.4. The molecule has 1 N–H and O–H groups in total. The number of nitrogens with zero attached hydrogens (tertiary/aromatic N) is 3. The number of aryl methyl sites for hydroxylation is 2. The van der Waals surface area contributed by atoms with Crippen molar-refractivity contribution in [3.63, 3.8) is 0 Å². The van der Waals surface area contributed by atoms with Gasteiger partial charge in [-0.15, -0.1) is 0 Å². The summed E-state index contributed by atoms with van der Waals surface area (Å²) in [6.07, 6.45) is 3.93. The number of benzene rings is 2. The molecule has 0 atom stereocenters. The van der Waals surface area contributed by atoms with Crippen molar-refractivity contribution < 1.29 is 0 Å². The highest BCUT2D eigenvalue weighted by Gasteiger charge is 2.19. The zero-order chi connectivity index (χ0) is 17.1. The van der Waals surface area contributed by atoms with Crippen LogP contribution in [0.1, 0.15) is 23.1 Å². The van der Waals surface area contributed by atoms with Crippen molar-refractivity contribution in [3.05, 3.63) is 77.6 Å². The second-order valence-corrected chi connectivity index (χ2v) is 6.43. The second kappa shape index (κ2) is 6.93. The standard InChI is InChI=1S/C21H22N4/c1-16-7-2-3-9-18(16)14-22-20-13-21(24-15-23-20)25-12-6-10-17-8-4-5-11-19(17)25/h2-5,7-9,11,13,15H,6,10,12,14H2,1H3,(H,22,23,24). The number of hydrogen-bond donors (Lipinski definition) is 1. The number of nitrogens with one attached hydrogen (secondary N) is 1. The molecule has 1 aliphatic heterocycles. The minimum atomic E-state index is 0.764. The van der Waals surface area contributed by atoms with Crippen LogP contribution in [0.5, 0.6) is 0 Å². The average molecular weight is 330 g/mol. The van der Waals surface area contributed by atoms with Crippen molar-refractivity contribution in [2.45, 2.75) is 26.3 Å². The maximum absolute atomic E-state index is 4.51. The van der Waals surface area contributed by atoms with Gasteiger partial charge in [-0.25, -0.2) is 9.97 Å². The van der Waals surface area contributed by atoms with Gasteiger partial charge in [0, 0.05) is 24.8 Å². The van der Waals surface area contributed by atoms with Crippen molar-refractivity contribution in [1.29, 1.82) is 0 Å². The van der Waals surface area contributed by atoms with E-state index in [-0.39, 0.29) is 0 Å². The molecule has 126 valence electrons. The van der Waals surface area contributed by atoms with E-state index >= 15 is 0 Å². The van der Waals surface area contributed by atoms with Crippen LogP contribution in [0.3, 0.4) is 0 Å². The van der Waals surface area contributed by atoms with Gasteiger partial charge in [0.2, 0.25) is 0 Å². The van der Waals surface area contributed by atoms with Gasteiger partial charge in [0.05, 0.1) is 0 Å². The number of aromatic nitrogens is 2. The Balaban J connectivity index is 1.55. The molecule has 0 bridgehead atoms. The molecule has 0 aliphatic carbocycles. The summed E-state index contributed by atoms with van der Waals surface area (Å²) in [5, 5.41) is 3.43. The van der Waals surface area contributed by atoms with Crippen LogP contribution in [0.2, 0.25) is 0 Å². The molecule has 0 spiro atoms. The highest BCUT2D eigenvalue weighted by Crippen LogP contribution is 2.32. The summed E-state index contributed by atoms with van der Waals surface area (Å²) in [5.41, 5.74) is 5.22. The Labute approximate surface area is 148 Å². The fourth-order valence-electron chi connectivity index (χ4n) is 3.36. The summed E-state index contributed by atoms with van der Waals surface area (Å²) >= 11 is 0. The first-order chi connectivity index (χ1) is 12.3. The van der Waals surface area contributed by atoms with Crippen molar-refractivity contribution in [2.24, 2.45) is 0 Å². The maximum Gasteiger partial charge on any atom is 0.138 e. The summed E-state index contributed by atoms with van der Waals surface area (Å²) in [4.78, 5) is 11.2. The molecular formula is C21H22N4. The lowest BCUT2D eigenvalue weighted by Crippen LogP contribution is -2.25. The predicted octanol–water partition coefficient (Wildman–Crippen LogP) is 4.48. The van der Waals surface area contributed by atoms with Gasteiger partial charge in [0.15, 0.2) is 0 Å². The molecule has 0 radical (unpaired) electrons. The fraction of sp³-hybridized carbons (Fsp3) is 0.238. The Morgan fingerprint density at radius 3 is 2.80 bits per heavy atom. The van der Waals surface area contributed by atoms with Crippen LogP contribution in [0, 0.1) is 6.92 Å². The van der Waals surface area contributed by atoms with E-state index in [0.29, 0.717) is 0 Å². The topological polar surface area (TPSA) is 41.0 Å². The van der Waals surface area contributed by atoms with E-state index < -0.39 is 0 Å². The lowest BCUT2D eigenvalue weighted by Gasteiger charge is -2.30. The van der Waals surface area contributed by atoms with Crippen molar-refractivity contribution in [2.75, 3.05) is 16.8 Å². The molecule has 0 fully saturated rings. The molecule has 0 unspecified atom stereocenters. The fourth-order valence-corrected chi connectivity index (χ4v) is 3.36. The SMILES string of the molecule is Cc1ccccc1CNc1cc(N2CCCc3ccccc32)ncn1. The summed E-state index contributed by atoms with van der Waals surface area (Å²) in [7, 11) is 0. The van der Waals surface area contributed by atoms with Crippen LogP contribution in [0.4, 0.5) is 17.3 Å². The summed E-state index contributed by atoms with van der Waals surface area (Å²) in [5.74, 6) is 1.81. The van der Waals surface area contributed by atoms with Crippen LogP contribution in [0.15, 0.2) is 60.9 Å². The van der Waals surface area contributed by atoms with E-state index in [1.54, 1.807) is 6.33 Å². The number of rotatable bonds is 4. The van der Waals surface area contributed by atoms with Gasteiger partial charge < -0.3 is 10.2 Å². The van der Waals surface area contributed by atoms with Gasteiger partial charge in [0.25, 0.3) is 0 Å². The van der Waals surface area contributed by atoms with E-state index in [1.165, 1.54) is 22.4 Å².